The van der Waals surface area contributed by atoms with E-state index in [1.807, 2.05) is 0 Å². The molecule has 0 N–H and O–H groups in total. The molecule has 23 heavy (non-hydrogen) atoms. The zero-order valence-corrected chi connectivity index (χ0v) is 12.3. The maximum atomic E-state index is 12.5. The molecule has 0 unspecified atom stereocenters. The molecule has 5 nitrogen and oxygen atoms in total. The highest BCUT2D eigenvalue weighted by Crippen LogP contribution is 2.18. The topological polar surface area (TPSA) is 49.3 Å². The van der Waals surface area contributed by atoms with Gasteiger partial charge in [0, 0.05) is 44.1 Å². The van der Waals surface area contributed by atoms with Crippen LogP contribution in [0.5, 0.6) is 0 Å². The van der Waals surface area contributed by atoms with Crippen molar-refractivity contribution < 1.29 is 18.0 Å². The molecule has 1 aliphatic heterocycles. The lowest BCUT2D eigenvalue weighted by Gasteiger charge is -2.35. The number of carbonyl (C=O) groups excluding carboxylic acids is 1. The predicted octanol–water partition coefficient (Wildman–Crippen LogP) is 1.95. The summed E-state index contributed by atoms with van der Waals surface area (Å²) >= 11 is 0. The standard InChI is InChI=1S/C15H15F3N4O/c16-15(17,18)10-21-5-7-22(8-6-21)14(23)11-1-2-12-13(9-11)20-4-3-19-12/h1-4,9H,5-8,10H2. The van der Waals surface area contributed by atoms with Gasteiger partial charge in [0.15, 0.2) is 0 Å². The van der Waals surface area contributed by atoms with Crippen LogP contribution in [0.3, 0.4) is 0 Å². The molecule has 1 aromatic heterocycles. The van der Waals surface area contributed by atoms with Crippen molar-refractivity contribution in [3.05, 3.63) is 36.2 Å². The quantitative estimate of drug-likeness (QED) is 0.847. The molecule has 0 bridgehead atoms. The minimum absolute atomic E-state index is 0.191. The van der Waals surface area contributed by atoms with Gasteiger partial charge < -0.3 is 4.90 Å². The lowest BCUT2D eigenvalue weighted by atomic mass is 10.1. The molecule has 8 heteroatoms. The van der Waals surface area contributed by atoms with E-state index in [1.54, 1.807) is 35.5 Å². The van der Waals surface area contributed by atoms with Gasteiger partial charge >= 0.3 is 6.18 Å². The third-order valence-corrected chi connectivity index (χ3v) is 3.78. The van der Waals surface area contributed by atoms with E-state index in [0.717, 1.165) is 0 Å². The Bertz CT molecular complexity index is 711. The minimum atomic E-state index is -4.21. The van der Waals surface area contributed by atoms with Gasteiger partial charge in [0.05, 0.1) is 17.6 Å². The molecule has 0 aliphatic carbocycles. The highest BCUT2D eigenvalue weighted by molar-refractivity contribution is 5.97. The first-order chi connectivity index (χ1) is 10.9. The van der Waals surface area contributed by atoms with E-state index in [0.29, 0.717) is 16.6 Å². The normalized spacial score (nSPS) is 16.7. The first-order valence-corrected chi connectivity index (χ1v) is 7.21. The number of alkyl halides is 3. The second-order valence-electron chi connectivity index (χ2n) is 5.44. The number of hydrogen-bond acceptors (Lipinski definition) is 4. The summed E-state index contributed by atoms with van der Waals surface area (Å²) in [7, 11) is 0. The van der Waals surface area contributed by atoms with Crippen molar-refractivity contribution in [3.8, 4) is 0 Å². The van der Waals surface area contributed by atoms with Crippen LogP contribution in [0.4, 0.5) is 13.2 Å². The number of halogens is 3. The number of amides is 1. The van der Waals surface area contributed by atoms with Crippen LogP contribution in [0, 0.1) is 0 Å². The van der Waals surface area contributed by atoms with Crippen LogP contribution < -0.4 is 0 Å². The average Bonchev–Trinajstić information content (AvgIpc) is 2.53. The Kier molecular flexibility index (Phi) is 4.16. The van der Waals surface area contributed by atoms with Gasteiger partial charge in [0.2, 0.25) is 0 Å². The molecular weight excluding hydrogens is 309 g/mol. The number of benzene rings is 1. The lowest BCUT2D eigenvalue weighted by Crippen LogP contribution is -2.50. The maximum Gasteiger partial charge on any atom is 0.401 e. The Morgan fingerprint density at radius 1 is 1.04 bits per heavy atom. The summed E-state index contributed by atoms with van der Waals surface area (Å²) in [4.78, 5) is 23.7. The summed E-state index contributed by atoms with van der Waals surface area (Å²) in [5.41, 5.74) is 1.79. The molecule has 0 spiro atoms. The summed E-state index contributed by atoms with van der Waals surface area (Å²) in [5, 5.41) is 0. The molecule has 3 rings (SSSR count). The second-order valence-corrected chi connectivity index (χ2v) is 5.44. The number of carbonyl (C=O) groups is 1. The van der Waals surface area contributed by atoms with E-state index < -0.39 is 12.7 Å². The van der Waals surface area contributed by atoms with Crippen molar-refractivity contribution in [2.75, 3.05) is 32.7 Å². The number of fused-ring (bicyclic) bond motifs is 1. The fourth-order valence-electron chi connectivity index (χ4n) is 2.64. The van der Waals surface area contributed by atoms with Crippen LogP contribution in [-0.4, -0.2) is 64.6 Å². The van der Waals surface area contributed by atoms with E-state index in [-0.39, 0.29) is 32.1 Å². The van der Waals surface area contributed by atoms with Gasteiger partial charge in [-0.1, -0.05) is 0 Å². The maximum absolute atomic E-state index is 12.5. The van der Waals surface area contributed by atoms with E-state index in [2.05, 4.69) is 9.97 Å². The monoisotopic (exact) mass is 324 g/mol. The third kappa shape index (κ3) is 3.76. The van der Waals surface area contributed by atoms with Crippen molar-refractivity contribution in [3.63, 3.8) is 0 Å². The minimum Gasteiger partial charge on any atom is -0.336 e. The molecule has 122 valence electrons. The van der Waals surface area contributed by atoms with Gasteiger partial charge in [-0.05, 0) is 18.2 Å². The molecule has 0 radical (unpaired) electrons. The average molecular weight is 324 g/mol. The SMILES string of the molecule is O=C(c1ccc2nccnc2c1)N1CCN(CC(F)(F)F)CC1. The highest BCUT2D eigenvalue weighted by atomic mass is 19.4. The molecule has 1 aromatic carbocycles. The Labute approximate surface area is 130 Å². The predicted molar refractivity (Wildman–Crippen MR) is 77.9 cm³/mol. The summed E-state index contributed by atoms with van der Waals surface area (Å²) < 4.78 is 37.1. The smallest absolute Gasteiger partial charge is 0.336 e. The number of rotatable bonds is 2. The number of aromatic nitrogens is 2. The Hall–Kier alpha value is -2.22. The second kappa shape index (κ2) is 6.11. The van der Waals surface area contributed by atoms with Crippen LogP contribution in [-0.2, 0) is 0 Å². The van der Waals surface area contributed by atoms with Crippen LogP contribution in [0.15, 0.2) is 30.6 Å². The van der Waals surface area contributed by atoms with Crippen molar-refractivity contribution >= 4 is 16.9 Å². The van der Waals surface area contributed by atoms with Gasteiger partial charge in [0.25, 0.3) is 5.91 Å². The third-order valence-electron chi connectivity index (χ3n) is 3.78. The Balaban J connectivity index is 1.66. The largest absolute Gasteiger partial charge is 0.401 e. The van der Waals surface area contributed by atoms with Gasteiger partial charge in [-0.3, -0.25) is 19.7 Å². The van der Waals surface area contributed by atoms with Crippen LogP contribution in [0.2, 0.25) is 0 Å². The number of nitrogens with zero attached hydrogens (tertiary/aromatic N) is 4. The van der Waals surface area contributed by atoms with E-state index in [9.17, 15) is 18.0 Å². The van der Waals surface area contributed by atoms with Gasteiger partial charge in [-0.2, -0.15) is 13.2 Å². The summed E-state index contributed by atoms with van der Waals surface area (Å²) in [6.45, 7) is 0.0820. The number of piperazine rings is 1. The molecule has 0 atom stereocenters. The highest BCUT2D eigenvalue weighted by Gasteiger charge is 2.33. The molecule has 2 heterocycles. The molecule has 1 saturated heterocycles. The first kappa shape index (κ1) is 15.7. The Morgan fingerprint density at radius 2 is 1.70 bits per heavy atom. The van der Waals surface area contributed by atoms with Crippen LogP contribution >= 0.6 is 0 Å². The lowest BCUT2D eigenvalue weighted by molar-refractivity contribution is -0.148. The molecule has 1 fully saturated rings. The molecule has 1 aliphatic rings. The zero-order valence-electron chi connectivity index (χ0n) is 12.3. The van der Waals surface area contributed by atoms with Crippen molar-refractivity contribution in [2.24, 2.45) is 0 Å². The molecule has 1 amide bonds. The first-order valence-electron chi connectivity index (χ1n) is 7.21. The van der Waals surface area contributed by atoms with Gasteiger partial charge in [0.1, 0.15) is 0 Å². The van der Waals surface area contributed by atoms with Crippen molar-refractivity contribution in [1.82, 2.24) is 19.8 Å². The Morgan fingerprint density at radius 3 is 2.35 bits per heavy atom. The van der Waals surface area contributed by atoms with E-state index >= 15 is 0 Å². The van der Waals surface area contributed by atoms with Crippen molar-refractivity contribution in [1.29, 1.82) is 0 Å². The fourth-order valence-corrected chi connectivity index (χ4v) is 2.64. The fraction of sp³-hybridized carbons (Fsp3) is 0.400. The van der Waals surface area contributed by atoms with Crippen LogP contribution in [0.25, 0.3) is 11.0 Å². The van der Waals surface area contributed by atoms with Crippen molar-refractivity contribution in [2.45, 2.75) is 6.18 Å². The molecule has 2 aromatic rings. The summed E-state index contributed by atoms with van der Waals surface area (Å²) in [5.74, 6) is -0.191. The molecular formula is C15H15F3N4O. The zero-order chi connectivity index (χ0) is 16.4. The summed E-state index contributed by atoms with van der Waals surface area (Å²) in [6.07, 6.45) is -1.08. The number of hydrogen-bond donors (Lipinski definition) is 0. The van der Waals surface area contributed by atoms with E-state index in [1.165, 1.54) is 4.90 Å². The summed E-state index contributed by atoms with van der Waals surface area (Å²) in [6, 6.07) is 5.05. The van der Waals surface area contributed by atoms with Crippen LogP contribution in [0.1, 0.15) is 10.4 Å². The van der Waals surface area contributed by atoms with Gasteiger partial charge in [-0.15, -0.1) is 0 Å². The van der Waals surface area contributed by atoms with Gasteiger partial charge in [-0.25, -0.2) is 0 Å². The molecule has 0 saturated carbocycles. The van der Waals surface area contributed by atoms with E-state index in [4.69, 9.17) is 0 Å².